The highest BCUT2D eigenvalue weighted by Gasteiger charge is 2.17. The Bertz CT molecular complexity index is 583. The van der Waals surface area contributed by atoms with Crippen molar-refractivity contribution in [2.75, 3.05) is 26.2 Å². The summed E-state index contributed by atoms with van der Waals surface area (Å²) in [7, 11) is 0. The minimum Gasteiger partial charge on any atom is -0.337 e. The van der Waals surface area contributed by atoms with E-state index < -0.39 is 0 Å². The lowest BCUT2D eigenvalue weighted by Crippen LogP contribution is -2.34. The Balaban J connectivity index is 0.00000121. The molecule has 0 spiro atoms. The van der Waals surface area contributed by atoms with Crippen LogP contribution in [0.25, 0.3) is 5.69 Å². The first kappa shape index (κ1) is 18.4. The van der Waals surface area contributed by atoms with E-state index in [9.17, 15) is 4.79 Å². The lowest BCUT2D eigenvalue weighted by Gasteiger charge is -2.20. The minimum absolute atomic E-state index is 0. The second-order valence-corrected chi connectivity index (χ2v) is 4.79. The van der Waals surface area contributed by atoms with Gasteiger partial charge in [-0.15, -0.1) is 24.8 Å². The zero-order chi connectivity index (χ0) is 13.8. The summed E-state index contributed by atoms with van der Waals surface area (Å²) in [5.74, 6) is 0.0793. The van der Waals surface area contributed by atoms with Crippen molar-refractivity contribution >= 4 is 30.7 Å². The van der Waals surface area contributed by atoms with Gasteiger partial charge in [-0.2, -0.15) is 5.10 Å². The van der Waals surface area contributed by atoms with E-state index in [1.54, 1.807) is 11.0 Å². The second kappa shape index (κ2) is 8.73. The van der Waals surface area contributed by atoms with Crippen LogP contribution in [0.4, 0.5) is 0 Å². The topological polar surface area (TPSA) is 63.1 Å². The molecule has 6 nitrogen and oxygen atoms in total. The molecule has 3 rings (SSSR count). The third-order valence-electron chi connectivity index (χ3n) is 3.40. The second-order valence-electron chi connectivity index (χ2n) is 4.79. The van der Waals surface area contributed by atoms with Gasteiger partial charge in [-0.25, -0.2) is 9.67 Å². The van der Waals surface area contributed by atoms with Crippen LogP contribution in [0.1, 0.15) is 16.8 Å². The van der Waals surface area contributed by atoms with Crippen LogP contribution in [-0.2, 0) is 0 Å². The van der Waals surface area contributed by atoms with Crippen LogP contribution in [0.2, 0.25) is 0 Å². The van der Waals surface area contributed by atoms with Crippen LogP contribution in [-0.4, -0.2) is 51.8 Å². The van der Waals surface area contributed by atoms with Gasteiger partial charge in [0.1, 0.15) is 12.7 Å². The minimum atomic E-state index is 0. The summed E-state index contributed by atoms with van der Waals surface area (Å²) in [6.45, 7) is 3.39. The number of hydrogen-bond acceptors (Lipinski definition) is 4. The largest absolute Gasteiger partial charge is 0.337 e. The number of nitrogens with one attached hydrogen (secondary N) is 1. The number of benzene rings is 1. The smallest absolute Gasteiger partial charge is 0.253 e. The molecule has 0 bridgehead atoms. The van der Waals surface area contributed by atoms with Crippen LogP contribution < -0.4 is 5.32 Å². The van der Waals surface area contributed by atoms with E-state index in [4.69, 9.17) is 0 Å². The van der Waals surface area contributed by atoms with E-state index >= 15 is 0 Å². The molecule has 0 saturated carbocycles. The molecular formula is C14H19Cl2N5O. The Kier molecular flexibility index (Phi) is 7.31. The van der Waals surface area contributed by atoms with Crippen LogP contribution in [0.15, 0.2) is 36.9 Å². The first-order valence-corrected chi connectivity index (χ1v) is 6.80. The van der Waals surface area contributed by atoms with E-state index in [1.165, 1.54) is 6.33 Å². The maximum absolute atomic E-state index is 12.5. The van der Waals surface area contributed by atoms with Gasteiger partial charge in [-0.3, -0.25) is 4.79 Å². The molecule has 0 aliphatic carbocycles. The van der Waals surface area contributed by atoms with Crippen molar-refractivity contribution in [2.45, 2.75) is 6.42 Å². The molecule has 0 unspecified atom stereocenters. The van der Waals surface area contributed by atoms with E-state index in [2.05, 4.69) is 15.4 Å². The fraction of sp³-hybridized carbons (Fsp3) is 0.357. The van der Waals surface area contributed by atoms with Crippen molar-refractivity contribution in [3.05, 3.63) is 42.5 Å². The van der Waals surface area contributed by atoms with Gasteiger partial charge in [0.25, 0.3) is 5.91 Å². The first-order valence-electron chi connectivity index (χ1n) is 6.80. The molecule has 1 aliphatic heterocycles. The zero-order valence-corrected chi connectivity index (χ0v) is 13.6. The maximum Gasteiger partial charge on any atom is 0.253 e. The van der Waals surface area contributed by atoms with E-state index in [1.807, 2.05) is 29.2 Å². The Labute approximate surface area is 141 Å². The molecule has 2 heterocycles. The van der Waals surface area contributed by atoms with Gasteiger partial charge in [0.2, 0.25) is 0 Å². The predicted octanol–water partition coefficient (Wildman–Crippen LogP) is 1.55. The third kappa shape index (κ3) is 4.19. The van der Waals surface area contributed by atoms with Gasteiger partial charge >= 0.3 is 0 Å². The summed E-state index contributed by atoms with van der Waals surface area (Å²) in [6.07, 6.45) is 4.10. The molecule has 8 heteroatoms. The molecule has 2 aromatic rings. The number of hydrogen-bond donors (Lipinski definition) is 1. The fourth-order valence-electron chi connectivity index (χ4n) is 2.35. The van der Waals surface area contributed by atoms with Gasteiger partial charge in [0.05, 0.1) is 5.69 Å². The molecular weight excluding hydrogens is 325 g/mol. The quantitative estimate of drug-likeness (QED) is 0.898. The monoisotopic (exact) mass is 343 g/mol. The molecule has 1 fully saturated rings. The summed E-state index contributed by atoms with van der Waals surface area (Å²) in [5, 5.41) is 7.39. The molecule has 1 aromatic carbocycles. The van der Waals surface area contributed by atoms with Crippen LogP contribution in [0.5, 0.6) is 0 Å². The predicted molar refractivity (Wildman–Crippen MR) is 89.2 cm³/mol. The highest BCUT2D eigenvalue weighted by molar-refractivity contribution is 5.94. The number of aromatic nitrogens is 3. The number of amides is 1. The van der Waals surface area contributed by atoms with Gasteiger partial charge in [0, 0.05) is 25.2 Å². The fourth-order valence-corrected chi connectivity index (χ4v) is 2.35. The first-order chi connectivity index (χ1) is 9.84. The van der Waals surface area contributed by atoms with Crippen molar-refractivity contribution in [2.24, 2.45) is 0 Å². The molecule has 1 amide bonds. The van der Waals surface area contributed by atoms with E-state index in [0.29, 0.717) is 5.56 Å². The van der Waals surface area contributed by atoms with Crippen molar-refractivity contribution in [3.63, 3.8) is 0 Å². The number of carbonyl (C=O) groups excluding carboxylic acids is 1. The van der Waals surface area contributed by atoms with Crippen LogP contribution in [0, 0.1) is 0 Å². The summed E-state index contributed by atoms with van der Waals surface area (Å²) in [6, 6.07) is 7.49. The highest BCUT2D eigenvalue weighted by Crippen LogP contribution is 2.12. The molecule has 0 radical (unpaired) electrons. The van der Waals surface area contributed by atoms with Gasteiger partial charge in [-0.05, 0) is 31.2 Å². The number of halogens is 2. The molecule has 120 valence electrons. The van der Waals surface area contributed by atoms with E-state index in [-0.39, 0.29) is 30.7 Å². The lowest BCUT2D eigenvalue weighted by molar-refractivity contribution is 0.0766. The molecule has 22 heavy (non-hydrogen) atoms. The Morgan fingerprint density at radius 2 is 2.05 bits per heavy atom. The molecule has 1 saturated heterocycles. The zero-order valence-electron chi connectivity index (χ0n) is 12.0. The Morgan fingerprint density at radius 1 is 1.18 bits per heavy atom. The van der Waals surface area contributed by atoms with Crippen molar-refractivity contribution < 1.29 is 4.79 Å². The Hall–Kier alpha value is -1.63. The van der Waals surface area contributed by atoms with Gasteiger partial charge < -0.3 is 10.2 Å². The van der Waals surface area contributed by atoms with E-state index in [0.717, 1.165) is 38.3 Å². The normalized spacial score (nSPS) is 14.5. The van der Waals surface area contributed by atoms with Crippen molar-refractivity contribution in [3.8, 4) is 5.69 Å². The number of rotatable bonds is 2. The average Bonchev–Trinajstić information content (AvgIpc) is 2.89. The number of nitrogens with zero attached hydrogens (tertiary/aromatic N) is 4. The van der Waals surface area contributed by atoms with Crippen molar-refractivity contribution in [1.82, 2.24) is 25.0 Å². The summed E-state index contributed by atoms with van der Waals surface area (Å²) in [4.78, 5) is 18.4. The third-order valence-corrected chi connectivity index (χ3v) is 3.40. The van der Waals surface area contributed by atoms with Gasteiger partial charge in [0.15, 0.2) is 0 Å². The average molecular weight is 344 g/mol. The Morgan fingerprint density at radius 3 is 2.82 bits per heavy atom. The number of carbonyl (C=O) groups is 1. The molecule has 0 atom stereocenters. The summed E-state index contributed by atoms with van der Waals surface area (Å²) < 4.78 is 1.65. The maximum atomic E-state index is 12.5. The van der Waals surface area contributed by atoms with Gasteiger partial charge in [-0.1, -0.05) is 6.07 Å². The van der Waals surface area contributed by atoms with Crippen molar-refractivity contribution in [1.29, 1.82) is 0 Å². The SMILES string of the molecule is Cl.Cl.O=C(c1cccc(-n2cncn2)c1)N1CCCNCC1. The lowest BCUT2D eigenvalue weighted by atomic mass is 10.1. The standard InChI is InChI=1S/C14H17N5O.2ClH/c20-14(18-7-2-5-15-6-8-18)12-3-1-4-13(9-12)19-11-16-10-17-19;;/h1,3-4,9-11,15H,2,5-8H2;2*1H. The highest BCUT2D eigenvalue weighted by atomic mass is 35.5. The summed E-state index contributed by atoms with van der Waals surface area (Å²) >= 11 is 0. The van der Waals surface area contributed by atoms with Crippen LogP contribution in [0.3, 0.4) is 0 Å². The van der Waals surface area contributed by atoms with Crippen LogP contribution >= 0.6 is 24.8 Å². The molecule has 1 aromatic heterocycles. The molecule has 1 N–H and O–H groups in total. The summed E-state index contributed by atoms with van der Waals surface area (Å²) in [5.41, 5.74) is 1.54. The molecule has 1 aliphatic rings.